The molecule has 10 heteroatoms. The third kappa shape index (κ3) is 8.35. The number of carbonyl (C=O) groups excluding carboxylic acids is 3. The van der Waals surface area contributed by atoms with E-state index in [-0.39, 0.29) is 18.9 Å². The van der Waals surface area contributed by atoms with E-state index in [2.05, 4.69) is 16.0 Å². The summed E-state index contributed by atoms with van der Waals surface area (Å²) in [5.41, 5.74) is 6.10. The number of aliphatic hydroxyl groups is 1. The predicted octanol–water partition coefficient (Wildman–Crippen LogP) is -0.846. The number of rotatable bonds is 12. The van der Waals surface area contributed by atoms with Crippen molar-refractivity contribution in [3.8, 4) is 0 Å². The van der Waals surface area contributed by atoms with Gasteiger partial charge < -0.3 is 31.9 Å². The maximum atomic E-state index is 12.9. The molecule has 0 spiro atoms. The van der Waals surface area contributed by atoms with E-state index in [1.54, 1.807) is 44.2 Å². The van der Waals surface area contributed by atoms with Crippen LogP contribution in [0.4, 0.5) is 0 Å². The minimum Gasteiger partial charge on any atom is -0.480 e. The Kier molecular flexibility index (Phi) is 10.6. The topological polar surface area (TPSA) is 171 Å². The van der Waals surface area contributed by atoms with E-state index in [1.807, 2.05) is 0 Å². The summed E-state index contributed by atoms with van der Waals surface area (Å²) in [5.74, 6) is -3.67. The normalized spacial score (nSPS) is 15.6. The van der Waals surface area contributed by atoms with E-state index >= 15 is 0 Å². The summed E-state index contributed by atoms with van der Waals surface area (Å²) in [7, 11) is 0. The molecular formula is C21H32N4O6. The third-order valence-electron chi connectivity index (χ3n) is 4.96. The molecule has 0 aliphatic heterocycles. The van der Waals surface area contributed by atoms with Gasteiger partial charge in [0, 0.05) is 6.42 Å². The molecule has 0 radical (unpaired) electrons. The Balaban J connectivity index is 3.00. The summed E-state index contributed by atoms with van der Waals surface area (Å²) < 4.78 is 0. The molecule has 0 aliphatic carbocycles. The van der Waals surface area contributed by atoms with Gasteiger partial charge in [-0.25, -0.2) is 4.79 Å². The van der Waals surface area contributed by atoms with Crippen LogP contribution >= 0.6 is 0 Å². The Morgan fingerprint density at radius 1 is 0.968 bits per heavy atom. The molecule has 172 valence electrons. The first kappa shape index (κ1) is 26.1. The first-order valence-electron chi connectivity index (χ1n) is 10.2. The fourth-order valence-electron chi connectivity index (χ4n) is 2.90. The van der Waals surface area contributed by atoms with Crippen molar-refractivity contribution in [3.05, 3.63) is 35.9 Å². The number of hydrogen-bond acceptors (Lipinski definition) is 6. The zero-order valence-electron chi connectivity index (χ0n) is 18.0. The van der Waals surface area contributed by atoms with Gasteiger partial charge in [-0.3, -0.25) is 14.4 Å². The zero-order chi connectivity index (χ0) is 23.6. The number of nitrogens with two attached hydrogens (primary N) is 1. The van der Waals surface area contributed by atoms with Crippen LogP contribution in [-0.4, -0.2) is 64.7 Å². The highest BCUT2D eigenvalue weighted by atomic mass is 16.4. The number of aliphatic hydroxyl groups excluding tert-OH is 1. The van der Waals surface area contributed by atoms with Crippen molar-refractivity contribution < 1.29 is 29.4 Å². The molecule has 0 saturated heterocycles. The van der Waals surface area contributed by atoms with Gasteiger partial charge in [0.15, 0.2) is 0 Å². The number of benzene rings is 1. The Morgan fingerprint density at radius 2 is 1.55 bits per heavy atom. The Labute approximate surface area is 181 Å². The third-order valence-corrected chi connectivity index (χ3v) is 4.96. The van der Waals surface area contributed by atoms with Crippen LogP contribution in [0, 0.1) is 5.92 Å². The number of aliphatic carboxylic acids is 1. The minimum absolute atomic E-state index is 0.136. The van der Waals surface area contributed by atoms with Crippen LogP contribution in [0.1, 0.15) is 32.8 Å². The average molecular weight is 437 g/mol. The SMILES string of the molecule is CCC(C)C(NC(=O)C(NC(=O)C(Cc1ccccc1)NC(=O)CN)C(C)O)C(=O)O. The maximum Gasteiger partial charge on any atom is 0.326 e. The quantitative estimate of drug-likeness (QED) is 0.248. The molecular weight excluding hydrogens is 404 g/mol. The van der Waals surface area contributed by atoms with Crippen LogP contribution in [0.3, 0.4) is 0 Å². The second-order valence-corrected chi connectivity index (χ2v) is 7.45. The van der Waals surface area contributed by atoms with Gasteiger partial charge in [0.1, 0.15) is 18.1 Å². The molecule has 10 nitrogen and oxygen atoms in total. The number of hydrogen-bond donors (Lipinski definition) is 6. The van der Waals surface area contributed by atoms with Crippen LogP contribution in [-0.2, 0) is 25.6 Å². The van der Waals surface area contributed by atoms with Crippen molar-refractivity contribution in [2.75, 3.05) is 6.54 Å². The Hall–Kier alpha value is -2.98. The molecule has 0 saturated carbocycles. The lowest BCUT2D eigenvalue weighted by molar-refractivity contribution is -0.144. The van der Waals surface area contributed by atoms with E-state index in [0.717, 1.165) is 5.56 Å². The van der Waals surface area contributed by atoms with Gasteiger partial charge in [-0.1, -0.05) is 50.6 Å². The molecule has 3 amide bonds. The highest BCUT2D eigenvalue weighted by molar-refractivity contribution is 5.94. The Bertz CT molecular complexity index is 755. The second-order valence-electron chi connectivity index (χ2n) is 7.45. The van der Waals surface area contributed by atoms with Crippen molar-refractivity contribution in [1.29, 1.82) is 0 Å². The van der Waals surface area contributed by atoms with Gasteiger partial charge in [-0.2, -0.15) is 0 Å². The smallest absolute Gasteiger partial charge is 0.326 e. The van der Waals surface area contributed by atoms with Crippen LogP contribution < -0.4 is 21.7 Å². The molecule has 5 unspecified atom stereocenters. The summed E-state index contributed by atoms with van der Waals surface area (Å²) in [6, 6.07) is 5.29. The fraction of sp³-hybridized carbons (Fsp3) is 0.524. The van der Waals surface area contributed by atoms with Crippen molar-refractivity contribution in [3.63, 3.8) is 0 Å². The fourth-order valence-corrected chi connectivity index (χ4v) is 2.90. The summed E-state index contributed by atoms with van der Waals surface area (Å²) in [5, 5.41) is 26.7. The molecule has 0 bridgehead atoms. The molecule has 1 aromatic carbocycles. The first-order chi connectivity index (χ1) is 14.6. The monoisotopic (exact) mass is 436 g/mol. The van der Waals surface area contributed by atoms with Crippen molar-refractivity contribution in [2.24, 2.45) is 11.7 Å². The highest BCUT2D eigenvalue weighted by Crippen LogP contribution is 2.09. The van der Waals surface area contributed by atoms with E-state index in [9.17, 15) is 29.4 Å². The molecule has 1 aromatic rings. The molecule has 0 aliphatic rings. The number of carboxylic acids is 1. The summed E-state index contributed by atoms with van der Waals surface area (Å²) in [6.45, 7) is 4.44. The molecule has 0 fully saturated rings. The maximum absolute atomic E-state index is 12.9. The molecule has 0 heterocycles. The summed E-state index contributed by atoms with van der Waals surface area (Å²) >= 11 is 0. The minimum atomic E-state index is -1.41. The molecule has 5 atom stereocenters. The first-order valence-corrected chi connectivity index (χ1v) is 10.2. The predicted molar refractivity (Wildman–Crippen MR) is 114 cm³/mol. The van der Waals surface area contributed by atoms with Crippen LogP contribution in [0.2, 0.25) is 0 Å². The number of carbonyl (C=O) groups is 4. The number of nitrogens with one attached hydrogen (secondary N) is 3. The van der Waals surface area contributed by atoms with E-state index < -0.39 is 47.9 Å². The zero-order valence-corrected chi connectivity index (χ0v) is 18.0. The lowest BCUT2D eigenvalue weighted by atomic mass is 9.98. The van der Waals surface area contributed by atoms with Gasteiger partial charge >= 0.3 is 5.97 Å². The molecule has 7 N–H and O–H groups in total. The lowest BCUT2D eigenvalue weighted by Crippen LogP contribution is -2.60. The van der Waals surface area contributed by atoms with E-state index in [4.69, 9.17) is 5.73 Å². The molecule has 0 aromatic heterocycles. The Morgan fingerprint density at radius 3 is 2.03 bits per heavy atom. The molecule has 1 rings (SSSR count). The van der Waals surface area contributed by atoms with Crippen molar-refractivity contribution in [2.45, 2.75) is 57.8 Å². The molecule has 31 heavy (non-hydrogen) atoms. The van der Waals surface area contributed by atoms with Crippen LogP contribution in [0.15, 0.2) is 30.3 Å². The standard InChI is InChI=1S/C21H32N4O6/c1-4-12(2)17(21(30)31)24-20(29)18(13(3)26)25-19(28)15(23-16(27)11-22)10-14-8-6-5-7-9-14/h5-9,12-13,15,17-18,26H,4,10-11,22H2,1-3H3,(H,23,27)(H,24,29)(H,25,28)(H,30,31). The highest BCUT2D eigenvalue weighted by Gasteiger charge is 2.33. The van der Waals surface area contributed by atoms with Gasteiger partial charge in [-0.05, 0) is 18.4 Å². The average Bonchev–Trinajstić information content (AvgIpc) is 2.74. The van der Waals surface area contributed by atoms with Crippen LogP contribution in [0.5, 0.6) is 0 Å². The number of carboxylic acid groups (broad SMARTS) is 1. The van der Waals surface area contributed by atoms with E-state index in [0.29, 0.717) is 6.42 Å². The number of amides is 3. The van der Waals surface area contributed by atoms with Gasteiger partial charge in [-0.15, -0.1) is 0 Å². The summed E-state index contributed by atoms with van der Waals surface area (Å²) in [6.07, 6.45) is -0.664. The second kappa shape index (κ2) is 12.7. The van der Waals surface area contributed by atoms with Crippen molar-refractivity contribution >= 4 is 23.7 Å². The van der Waals surface area contributed by atoms with Gasteiger partial charge in [0.05, 0.1) is 12.6 Å². The van der Waals surface area contributed by atoms with Crippen molar-refractivity contribution in [1.82, 2.24) is 16.0 Å². The van der Waals surface area contributed by atoms with E-state index in [1.165, 1.54) is 6.92 Å². The van der Waals surface area contributed by atoms with Crippen LogP contribution in [0.25, 0.3) is 0 Å². The van der Waals surface area contributed by atoms with Gasteiger partial charge in [0.2, 0.25) is 17.7 Å². The lowest BCUT2D eigenvalue weighted by Gasteiger charge is -2.27. The summed E-state index contributed by atoms with van der Waals surface area (Å²) in [4.78, 5) is 48.8. The van der Waals surface area contributed by atoms with Gasteiger partial charge in [0.25, 0.3) is 0 Å². The largest absolute Gasteiger partial charge is 0.480 e.